The molecule has 1 unspecified atom stereocenters. The largest absolute Gasteiger partial charge is 0.543 e. The first-order chi connectivity index (χ1) is 18.8. The quantitative estimate of drug-likeness (QED) is 0.0945. The van der Waals surface area contributed by atoms with E-state index in [1.165, 1.54) is 0 Å². The van der Waals surface area contributed by atoms with Gasteiger partial charge in [0.1, 0.15) is 11.4 Å². The highest BCUT2D eigenvalue weighted by Crippen LogP contribution is 2.40. The first kappa shape index (κ1) is 36.2. The molecule has 0 radical (unpaired) electrons. The normalized spacial score (nSPS) is 14.0. The van der Waals surface area contributed by atoms with Crippen molar-refractivity contribution in [3.63, 3.8) is 0 Å². The zero-order chi connectivity index (χ0) is 31.6. The van der Waals surface area contributed by atoms with E-state index in [-0.39, 0.29) is 18.1 Å². The van der Waals surface area contributed by atoms with Gasteiger partial charge in [0, 0.05) is 0 Å². The second-order valence-electron chi connectivity index (χ2n) is 12.8. The molecular formula is C31H48ClNO7Si. The van der Waals surface area contributed by atoms with Gasteiger partial charge in [0.2, 0.25) is 0 Å². The highest BCUT2D eigenvalue weighted by atomic mass is 35.5. The number of carboxylic acid groups (broad SMARTS) is 1. The molecule has 0 bridgehead atoms. The van der Waals surface area contributed by atoms with Crippen LogP contribution in [0.3, 0.4) is 0 Å². The number of hydrogen-bond donors (Lipinski definition) is 2. The van der Waals surface area contributed by atoms with Gasteiger partial charge in [0.15, 0.2) is 0 Å². The molecule has 1 rings (SSSR count). The lowest BCUT2D eigenvalue weighted by atomic mass is 9.96. The summed E-state index contributed by atoms with van der Waals surface area (Å²) < 4.78 is 17.2. The molecule has 2 atom stereocenters. The molecule has 0 aromatic heterocycles. The average Bonchev–Trinajstić information content (AvgIpc) is 2.80. The highest BCUT2D eigenvalue weighted by molar-refractivity contribution is 6.74. The lowest BCUT2D eigenvalue weighted by molar-refractivity contribution is -0.144. The van der Waals surface area contributed by atoms with Gasteiger partial charge in [0.25, 0.3) is 8.32 Å². The van der Waals surface area contributed by atoms with Crippen LogP contribution >= 0.6 is 11.6 Å². The van der Waals surface area contributed by atoms with Crippen molar-refractivity contribution in [3.8, 4) is 5.75 Å². The molecule has 0 spiro atoms. The number of hydrogen-bond acceptors (Lipinski definition) is 6. The van der Waals surface area contributed by atoms with Crippen molar-refractivity contribution in [3.05, 3.63) is 53.1 Å². The Bertz CT molecular complexity index is 1100. The Morgan fingerprint density at radius 1 is 1.12 bits per heavy atom. The van der Waals surface area contributed by atoms with Crippen LogP contribution in [0, 0.1) is 5.92 Å². The molecule has 0 aliphatic carbocycles. The highest BCUT2D eigenvalue weighted by Gasteiger charge is 2.39. The summed E-state index contributed by atoms with van der Waals surface area (Å²) in [6.45, 7) is 21.5. The van der Waals surface area contributed by atoms with Gasteiger partial charge in [-0.25, -0.2) is 4.79 Å². The van der Waals surface area contributed by atoms with Crippen LogP contribution in [0.1, 0.15) is 85.8 Å². The van der Waals surface area contributed by atoms with Gasteiger partial charge in [-0.15, -0.1) is 6.58 Å². The standard InChI is InChI=1S/C31H48ClNO7Si/c1-11-13-23(28(35)36)18-21(2)14-12-17-38-27(34)20-25(33-29(37)39-30(3,4)5)22-15-16-26(24(32)19-22)40-41(9,10)31(6,7)8/h11,14-16,19,23,25H,1,12-13,17-18,20H2,2-10H3,(H,33,37)(H,35,36)/t23-,25?/m1/s1. The number of esters is 1. The van der Waals surface area contributed by atoms with Crippen LogP contribution in [0.25, 0.3) is 0 Å². The van der Waals surface area contributed by atoms with Crippen molar-refractivity contribution >= 4 is 38.0 Å². The van der Waals surface area contributed by atoms with E-state index in [1.54, 1.807) is 45.0 Å². The first-order valence-electron chi connectivity index (χ1n) is 13.9. The minimum Gasteiger partial charge on any atom is -0.543 e. The number of benzene rings is 1. The summed E-state index contributed by atoms with van der Waals surface area (Å²) >= 11 is 6.60. The Balaban J connectivity index is 2.98. The minimum absolute atomic E-state index is 0.0170. The van der Waals surface area contributed by atoms with Gasteiger partial charge in [-0.05, 0) is 82.8 Å². The van der Waals surface area contributed by atoms with Crippen molar-refractivity contribution in [1.29, 1.82) is 0 Å². The van der Waals surface area contributed by atoms with Gasteiger partial charge in [-0.1, -0.05) is 56.2 Å². The smallest absolute Gasteiger partial charge is 0.408 e. The number of aliphatic carboxylic acids is 1. The molecule has 0 saturated heterocycles. The second-order valence-corrected chi connectivity index (χ2v) is 17.9. The van der Waals surface area contributed by atoms with Crippen molar-refractivity contribution in [1.82, 2.24) is 5.32 Å². The lowest BCUT2D eigenvalue weighted by Gasteiger charge is -2.36. The molecule has 8 nitrogen and oxygen atoms in total. The molecule has 0 aliphatic heterocycles. The Labute approximate surface area is 251 Å². The number of nitrogens with one attached hydrogen (secondary N) is 1. The molecule has 10 heteroatoms. The Morgan fingerprint density at radius 2 is 1.76 bits per heavy atom. The van der Waals surface area contributed by atoms with Crippen molar-refractivity contribution < 1.29 is 33.4 Å². The van der Waals surface area contributed by atoms with E-state index in [0.29, 0.717) is 35.6 Å². The van der Waals surface area contributed by atoms with Crippen molar-refractivity contribution in [2.24, 2.45) is 5.92 Å². The number of halogens is 1. The van der Waals surface area contributed by atoms with E-state index in [9.17, 15) is 19.5 Å². The van der Waals surface area contributed by atoms with Gasteiger partial charge in [-0.2, -0.15) is 0 Å². The van der Waals surface area contributed by atoms with E-state index in [0.717, 1.165) is 5.57 Å². The summed E-state index contributed by atoms with van der Waals surface area (Å²) in [5, 5.41) is 12.4. The monoisotopic (exact) mass is 609 g/mol. The number of rotatable bonds is 14. The lowest BCUT2D eigenvalue weighted by Crippen LogP contribution is -2.43. The van der Waals surface area contributed by atoms with Crippen molar-refractivity contribution in [2.45, 2.75) is 104 Å². The summed E-state index contributed by atoms with van der Waals surface area (Å²) in [6.07, 6.45) is 3.87. The molecule has 41 heavy (non-hydrogen) atoms. The molecule has 1 amide bonds. The summed E-state index contributed by atoms with van der Waals surface area (Å²) in [7, 11) is -2.13. The third-order valence-corrected chi connectivity index (χ3v) is 11.5. The third-order valence-electron chi connectivity index (χ3n) is 6.83. The SMILES string of the molecule is C=CC[C@H](CC(C)=CCCOC(=O)CC(NC(=O)OC(C)(C)C)c1ccc(O[Si](C)(C)C(C)(C)C)c(Cl)c1)C(=O)O. The number of carbonyl (C=O) groups is 3. The van der Waals surface area contributed by atoms with Crippen LogP contribution in [-0.4, -0.2) is 43.7 Å². The summed E-state index contributed by atoms with van der Waals surface area (Å²) in [5.41, 5.74) is 0.788. The number of amides is 1. The molecule has 0 aliphatic rings. The number of alkyl carbamates (subject to hydrolysis) is 1. The molecule has 0 saturated carbocycles. The fraction of sp³-hybridized carbons (Fsp3) is 0.581. The summed E-state index contributed by atoms with van der Waals surface area (Å²) in [6, 6.07) is 4.48. The maximum atomic E-state index is 12.8. The first-order valence-corrected chi connectivity index (χ1v) is 17.2. The van der Waals surface area contributed by atoms with E-state index in [4.69, 9.17) is 25.5 Å². The van der Waals surface area contributed by atoms with E-state index >= 15 is 0 Å². The maximum absolute atomic E-state index is 12.8. The van der Waals surface area contributed by atoms with Gasteiger partial charge >= 0.3 is 18.0 Å². The topological polar surface area (TPSA) is 111 Å². The number of carboxylic acids is 1. The fourth-order valence-corrected chi connectivity index (χ4v) is 4.92. The van der Waals surface area contributed by atoms with Crippen LogP contribution in [0.4, 0.5) is 4.79 Å². The Morgan fingerprint density at radius 3 is 2.27 bits per heavy atom. The maximum Gasteiger partial charge on any atom is 0.408 e. The predicted molar refractivity (Wildman–Crippen MR) is 166 cm³/mol. The third kappa shape index (κ3) is 13.2. The van der Waals surface area contributed by atoms with E-state index in [1.807, 2.05) is 13.0 Å². The van der Waals surface area contributed by atoms with Crippen molar-refractivity contribution in [2.75, 3.05) is 6.61 Å². The zero-order valence-electron chi connectivity index (χ0n) is 26.1. The van der Waals surface area contributed by atoms with E-state index in [2.05, 4.69) is 45.8 Å². The Hall–Kier alpha value is -2.78. The van der Waals surface area contributed by atoms with Crippen LogP contribution < -0.4 is 9.74 Å². The van der Waals surface area contributed by atoms with E-state index < -0.39 is 43.9 Å². The number of ether oxygens (including phenoxy) is 2. The van der Waals surface area contributed by atoms with Gasteiger partial charge in [-0.3, -0.25) is 9.59 Å². The zero-order valence-corrected chi connectivity index (χ0v) is 27.8. The van der Waals surface area contributed by atoms with Crippen LogP contribution in [0.15, 0.2) is 42.5 Å². The molecular weight excluding hydrogens is 562 g/mol. The minimum atomic E-state index is -2.13. The molecule has 1 aromatic rings. The predicted octanol–water partition coefficient (Wildman–Crippen LogP) is 8.23. The fourth-order valence-electron chi connectivity index (χ4n) is 3.59. The summed E-state index contributed by atoms with van der Waals surface area (Å²) in [5.74, 6) is -1.35. The second kappa shape index (κ2) is 15.4. The average molecular weight is 610 g/mol. The van der Waals surface area contributed by atoms with Crippen LogP contribution in [0.2, 0.25) is 23.2 Å². The summed E-state index contributed by atoms with van der Waals surface area (Å²) in [4.78, 5) is 36.7. The molecule has 2 N–H and O–H groups in total. The number of carbonyl (C=O) groups excluding carboxylic acids is 2. The van der Waals surface area contributed by atoms with Crippen LogP contribution in [0.5, 0.6) is 5.75 Å². The number of allylic oxidation sites excluding steroid dienone is 2. The molecule has 0 fully saturated rings. The Kier molecular flexibility index (Phi) is 13.7. The molecule has 0 heterocycles. The van der Waals surface area contributed by atoms with Gasteiger partial charge in [0.05, 0.1) is 30.0 Å². The molecule has 1 aromatic carbocycles. The molecule has 230 valence electrons. The van der Waals surface area contributed by atoms with Gasteiger partial charge < -0.3 is 24.3 Å². The van der Waals surface area contributed by atoms with Crippen LogP contribution in [-0.2, 0) is 19.1 Å².